The average molecular weight is 2100 g/mol. The lowest BCUT2D eigenvalue weighted by atomic mass is 9.86. The van der Waals surface area contributed by atoms with Gasteiger partial charge in [0, 0.05) is 105 Å². The molecule has 38 heteroatoms. The smallest absolute Gasteiger partial charge is 0.248 e. The zero-order valence-electron chi connectivity index (χ0n) is 87.3. The number of fused-ring (bicyclic) bond motifs is 5. The lowest BCUT2D eigenvalue weighted by Gasteiger charge is -2.30. The summed E-state index contributed by atoms with van der Waals surface area (Å²) >= 11 is 0. The number of aromatic nitrogens is 10. The molecule has 0 bridgehead atoms. The molecular weight excluding hydrogens is 1940 g/mol. The zero-order chi connectivity index (χ0) is 105. The first-order valence-corrected chi connectivity index (χ1v) is 58.9. The van der Waals surface area contributed by atoms with E-state index in [0.29, 0.717) is 142 Å². The Labute approximate surface area is 842 Å². The van der Waals surface area contributed by atoms with Crippen LogP contribution >= 0.6 is 0 Å². The van der Waals surface area contributed by atoms with Gasteiger partial charge in [0.2, 0.25) is 67.9 Å². The van der Waals surface area contributed by atoms with Crippen molar-refractivity contribution in [3.63, 3.8) is 0 Å². The van der Waals surface area contributed by atoms with Crippen LogP contribution in [0.1, 0.15) is 322 Å². The molecule has 17 rings (SSSR count). The predicted octanol–water partition coefficient (Wildman–Crippen LogP) is 25.1. The van der Waals surface area contributed by atoms with Crippen LogP contribution in [0.4, 0.5) is 63.6 Å². The highest BCUT2D eigenvalue weighted by Crippen LogP contribution is 2.46. The fourth-order valence-corrected chi connectivity index (χ4v) is 24.8. The van der Waals surface area contributed by atoms with Crippen LogP contribution in [-0.2, 0) is 110 Å². The molecule has 0 radical (unpaired) electrons. The highest BCUT2D eigenvalue weighted by Gasteiger charge is 2.44. The van der Waals surface area contributed by atoms with Gasteiger partial charge in [-0.05, 0) is 271 Å². The van der Waals surface area contributed by atoms with Crippen LogP contribution in [0.5, 0.6) is 0 Å². The Kier molecular flexibility index (Phi) is 33.1. The van der Waals surface area contributed by atoms with Crippen molar-refractivity contribution in [3.8, 4) is 0 Å². The quantitative estimate of drug-likeness (QED) is 0.0409. The van der Waals surface area contributed by atoms with E-state index in [1.165, 1.54) is 4.31 Å². The third kappa shape index (κ3) is 28.4. The van der Waals surface area contributed by atoms with Crippen LogP contribution in [0.25, 0.3) is 55.2 Å². The fourth-order valence-electron chi connectivity index (χ4n) is 19.8. The van der Waals surface area contributed by atoms with E-state index >= 15 is 0 Å². The molecule has 5 heterocycles. The van der Waals surface area contributed by atoms with Crippen LogP contribution in [0.15, 0.2) is 91.0 Å². The number of benzene rings is 5. The normalized spacial score (nSPS) is 20.6. The summed E-state index contributed by atoms with van der Waals surface area (Å²) in [5.74, 6) is -1.45. The maximum absolute atomic E-state index is 13.6. The van der Waals surface area contributed by atoms with Gasteiger partial charge < -0.3 is 22.8 Å². The van der Waals surface area contributed by atoms with Gasteiger partial charge >= 0.3 is 0 Å². The molecular formula is C105H153F8N15O10S5. The van der Waals surface area contributed by atoms with Gasteiger partial charge in [0.05, 0.1) is 110 Å². The maximum Gasteiger partial charge on any atom is 0.248 e. The Balaban J connectivity index is 0.000000150. The van der Waals surface area contributed by atoms with Gasteiger partial charge in [0.25, 0.3) is 0 Å². The van der Waals surface area contributed by atoms with Crippen molar-refractivity contribution in [2.24, 2.45) is 29.6 Å². The minimum atomic E-state index is -3.50. The molecule has 0 saturated heterocycles. The van der Waals surface area contributed by atoms with Crippen LogP contribution < -0.4 is 23.2 Å². The van der Waals surface area contributed by atoms with Gasteiger partial charge in [-0.1, -0.05) is 104 Å². The second-order valence-electron chi connectivity index (χ2n) is 47.4. The summed E-state index contributed by atoms with van der Waals surface area (Å²) in [5.41, 5.74) is 10.2. The summed E-state index contributed by atoms with van der Waals surface area (Å²) in [4.78, 5) is 24.1. The van der Waals surface area contributed by atoms with Crippen molar-refractivity contribution in [1.29, 1.82) is 0 Å². The summed E-state index contributed by atoms with van der Waals surface area (Å²) in [6.45, 7) is 43.3. The first-order valence-electron chi connectivity index (χ1n) is 51.1. The topological polar surface area (TPSA) is 311 Å². The molecule has 25 nitrogen and oxygen atoms in total. The molecule has 0 unspecified atom stereocenters. The van der Waals surface area contributed by atoms with Crippen molar-refractivity contribution < 1.29 is 77.2 Å². The minimum absolute atomic E-state index is 0.000960. The fraction of sp³-hybridized carbons (Fsp3) is 0.667. The second-order valence-corrected chi connectivity index (χ2v) is 58.1. The summed E-state index contributed by atoms with van der Waals surface area (Å²) in [7, 11) is -15.2. The number of hydrogen-bond acceptors (Lipinski definition) is 15. The van der Waals surface area contributed by atoms with Crippen LogP contribution in [0.3, 0.4) is 0 Å². The Morgan fingerprint density at radius 3 is 0.804 bits per heavy atom. The Morgan fingerprint density at radius 2 is 0.559 bits per heavy atom. The predicted molar refractivity (Wildman–Crippen MR) is 561 cm³/mol. The SMILES string of the molecule is CC(C)(C)c1nc2cc(NS(=O)(=O)C(C)(C)C)ccc2n1CC1CCC(F)CC1.CC(C)(C)c1nc2cc(NS(=O)(=O)C3CC3)ccc2n1CC1CCC(F)(F)CC1.CCS(=O)(=O)Nc1ccc2c(c1)nc(C(C)(C)C)n2CC1CCC(F)(F)CC1.CCS(=O)(=O)Nc1ccc2c(c1)nc(C(C)(C)C)n2CC1CCC(F)CC1.CN(c1ccc2c(c1)nc(C(C)(C)C)n2CC1CCC(F)(F)CC1)S(=O)(=O)C1CC1. The number of imidazole rings is 5. The summed E-state index contributed by atoms with van der Waals surface area (Å²) < 4.78 is 252. The molecule has 7 aliphatic rings. The minimum Gasteiger partial charge on any atom is -0.327 e. The van der Waals surface area contributed by atoms with Crippen molar-refractivity contribution in [2.75, 3.05) is 41.7 Å². The first-order chi connectivity index (χ1) is 66.1. The molecule has 0 amide bonds. The lowest BCUT2D eigenvalue weighted by Crippen LogP contribution is -2.33. The average Bonchev–Trinajstić information content (AvgIpc) is 1.61. The van der Waals surface area contributed by atoms with Gasteiger partial charge in [-0.2, -0.15) is 0 Å². The molecule has 7 aliphatic carbocycles. The van der Waals surface area contributed by atoms with Gasteiger partial charge in [-0.15, -0.1) is 0 Å². The summed E-state index contributed by atoms with van der Waals surface area (Å²) in [5, 5.41) is -0.560. The highest BCUT2D eigenvalue weighted by atomic mass is 32.2. The third-order valence-electron chi connectivity index (χ3n) is 28.6. The van der Waals surface area contributed by atoms with E-state index in [4.69, 9.17) is 24.9 Å². The number of rotatable bonds is 24. The van der Waals surface area contributed by atoms with Gasteiger partial charge in [-0.3, -0.25) is 23.2 Å². The standard InChI is InChI=1S/C22H31F2N3O2S.C22H34FN3O2S.C21H29F2N3O2S.C20H29F2N3O2S.C20H30FN3O2S/c1-21(2,3)20-25-18-13-16(26(4)30(28,29)17-6-7-17)5-8-19(18)27(20)14-15-9-11-22(23,24)12-10-15;1-21(2,3)20-24-18-13-17(25-29(27,28)22(4,5)6)11-12-19(18)26(20)14-15-7-9-16(23)10-8-15;1-20(2,3)19-24-17-12-15(25-29(27,28)16-5-6-16)4-7-18(17)26(19)13-14-8-10-21(22,23)11-9-14;1-5-28(26,27)24-15-6-7-17-16(12-15)23-18(19(2,3)4)25(17)13-14-8-10-20(21,22)11-9-14;1-5-27(25,26)23-16-10-11-18-17(12-16)22-19(20(2,3)4)24(18)13-14-6-8-15(21)9-7-14/h5,8,13,15,17H,6-7,9-12,14H2,1-4H3;11-13,15-16,25H,7-10,14H2,1-6H3;4,7,12,14,16,25H,5-6,8-11,13H2,1-3H3;6-7,12,14,24H,5,8-11,13H2,1-4H3;10-12,14-15,23H,5-9,13H2,1-4H3. The van der Waals surface area contributed by atoms with E-state index in [-0.39, 0.29) is 105 Å². The molecule has 794 valence electrons. The Hall–Kier alpha value is -8.36. The van der Waals surface area contributed by atoms with Gasteiger partial charge in [0.1, 0.15) is 41.5 Å². The number of alkyl halides is 8. The highest BCUT2D eigenvalue weighted by molar-refractivity contribution is 7.94. The summed E-state index contributed by atoms with van der Waals surface area (Å²) in [6, 6.07) is 27.4. The molecule has 10 aromatic rings. The van der Waals surface area contributed by atoms with E-state index < -0.39 is 85.0 Å². The van der Waals surface area contributed by atoms with Crippen molar-refractivity contribution >= 4 is 134 Å². The van der Waals surface area contributed by atoms with Crippen LogP contribution in [-0.4, -0.2) is 154 Å². The molecule has 0 aliphatic heterocycles. The molecule has 5 aromatic carbocycles. The van der Waals surface area contributed by atoms with Crippen LogP contribution in [0.2, 0.25) is 0 Å². The number of halogens is 8. The van der Waals surface area contributed by atoms with E-state index in [1.807, 2.05) is 48.5 Å². The summed E-state index contributed by atoms with van der Waals surface area (Å²) in [6.07, 6.45) is 10.4. The molecule has 0 spiro atoms. The maximum atomic E-state index is 13.6. The number of nitrogens with zero attached hydrogens (tertiary/aromatic N) is 11. The largest absolute Gasteiger partial charge is 0.327 e. The van der Waals surface area contributed by atoms with Gasteiger partial charge in [0.15, 0.2) is 0 Å². The number of sulfonamides is 5. The zero-order valence-corrected chi connectivity index (χ0v) is 91.4. The third-order valence-corrected chi connectivity index (χ3v) is 37.5. The first kappa shape index (κ1) is 112. The Bertz CT molecular complexity index is 6750. The van der Waals surface area contributed by atoms with Crippen molar-refractivity contribution in [3.05, 3.63) is 120 Å². The van der Waals surface area contributed by atoms with E-state index in [9.17, 15) is 77.2 Å². The molecule has 0 atom stereocenters. The number of nitrogens with one attached hydrogen (secondary N) is 4. The number of hydrogen-bond donors (Lipinski definition) is 4. The molecule has 143 heavy (non-hydrogen) atoms. The van der Waals surface area contributed by atoms with E-state index in [2.05, 4.69) is 146 Å². The number of anilines is 5. The lowest BCUT2D eigenvalue weighted by molar-refractivity contribution is -0.0478. The molecule has 7 fully saturated rings. The van der Waals surface area contributed by atoms with Crippen LogP contribution in [0, 0.1) is 29.6 Å². The Morgan fingerprint density at radius 1 is 0.322 bits per heavy atom. The van der Waals surface area contributed by atoms with E-state index in [1.54, 1.807) is 84.1 Å². The van der Waals surface area contributed by atoms with Crippen molar-refractivity contribution in [2.45, 2.75) is 398 Å². The molecule has 5 aromatic heterocycles. The molecule has 7 saturated carbocycles. The monoisotopic (exact) mass is 2100 g/mol. The van der Waals surface area contributed by atoms with E-state index in [0.717, 1.165) is 130 Å². The van der Waals surface area contributed by atoms with Gasteiger partial charge in [-0.25, -0.2) is 102 Å². The van der Waals surface area contributed by atoms with Crippen molar-refractivity contribution in [1.82, 2.24) is 47.8 Å². The second kappa shape index (κ2) is 42.3. The molecule has 4 N–H and O–H groups in total.